The lowest BCUT2D eigenvalue weighted by Crippen LogP contribution is -2.35. The Labute approximate surface area is 298 Å². The summed E-state index contributed by atoms with van der Waals surface area (Å²) in [6.07, 6.45) is 2.47. The number of imidazole rings is 1. The van der Waals surface area contributed by atoms with E-state index in [1.165, 1.54) is 0 Å². The number of carbonyl (C=O) groups is 1. The van der Waals surface area contributed by atoms with E-state index < -0.39 is 5.97 Å². The highest BCUT2D eigenvalue weighted by Crippen LogP contribution is 2.32. The molecule has 1 saturated heterocycles. The van der Waals surface area contributed by atoms with Crippen molar-refractivity contribution in [1.82, 2.24) is 34.7 Å². The molecule has 12 heteroatoms. The Bertz CT molecular complexity index is 1850. The van der Waals surface area contributed by atoms with E-state index in [9.17, 15) is 4.79 Å². The van der Waals surface area contributed by atoms with Gasteiger partial charge in [0.25, 0.3) is 0 Å². The largest absolute Gasteiger partial charge is 0.456 e. The number of unbranched alkanes of at least 4 members (excludes halogenated alkanes) is 1. The van der Waals surface area contributed by atoms with Crippen LogP contribution in [0.3, 0.4) is 0 Å². The van der Waals surface area contributed by atoms with Gasteiger partial charge >= 0.3 is 5.97 Å². The molecule has 1 unspecified atom stereocenters. The zero-order valence-corrected chi connectivity index (χ0v) is 29.7. The van der Waals surface area contributed by atoms with Crippen LogP contribution in [-0.2, 0) is 40.3 Å². The first kappa shape index (κ1) is 35.4. The van der Waals surface area contributed by atoms with E-state index in [-0.39, 0.29) is 12.8 Å². The van der Waals surface area contributed by atoms with Gasteiger partial charge in [0.2, 0.25) is 0 Å². The molecule has 0 spiro atoms. The van der Waals surface area contributed by atoms with Gasteiger partial charge in [-0.15, -0.1) is 5.10 Å². The van der Waals surface area contributed by atoms with Crippen LogP contribution in [0.5, 0.6) is 0 Å². The van der Waals surface area contributed by atoms with E-state index in [1.807, 2.05) is 56.3 Å². The van der Waals surface area contributed by atoms with E-state index in [4.69, 9.17) is 30.8 Å². The minimum atomic E-state index is -0.397. The summed E-state index contributed by atoms with van der Waals surface area (Å²) in [7, 11) is 0. The average molecular weight is 698 g/mol. The number of carbonyl (C=O) groups excluding carboxylic acids is 1. The summed E-state index contributed by atoms with van der Waals surface area (Å²) < 4.78 is 20.8. The van der Waals surface area contributed by atoms with E-state index in [2.05, 4.69) is 62.2 Å². The Morgan fingerprint density at radius 2 is 1.64 bits per heavy atom. The molecule has 0 amide bonds. The molecule has 6 rings (SSSR count). The Balaban J connectivity index is 1.18. The van der Waals surface area contributed by atoms with E-state index in [0.717, 1.165) is 85.8 Å². The van der Waals surface area contributed by atoms with Crippen molar-refractivity contribution >= 4 is 17.6 Å². The van der Waals surface area contributed by atoms with Gasteiger partial charge in [-0.2, -0.15) is 4.68 Å². The number of rotatable bonds is 15. The molecule has 0 saturated carbocycles. The third-order valence-electron chi connectivity index (χ3n) is 8.91. The molecule has 262 valence electrons. The van der Waals surface area contributed by atoms with Gasteiger partial charge in [0, 0.05) is 44.8 Å². The maximum Gasteiger partial charge on any atom is 0.338 e. The molecule has 5 aromatic rings. The minimum Gasteiger partial charge on any atom is -0.456 e. The van der Waals surface area contributed by atoms with Crippen molar-refractivity contribution < 1.29 is 19.0 Å². The second-order valence-electron chi connectivity index (χ2n) is 12.4. The molecule has 3 aromatic carbocycles. The summed E-state index contributed by atoms with van der Waals surface area (Å²) in [5, 5.41) is 12.8. The van der Waals surface area contributed by atoms with Gasteiger partial charge in [-0.1, -0.05) is 85.6 Å². The zero-order chi connectivity index (χ0) is 34.9. The second-order valence-corrected chi connectivity index (χ2v) is 12.7. The first-order valence-electron chi connectivity index (χ1n) is 17.3. The van der Waals surface area contributed by atoms with Gasteiger partial charge < -0.3 is 18.8 Å². The molecule has 0 N–H and O–H groups in total. The monoisotopic (exact) mass is 697 g/mol. The third kappa shape index (κ3) is 8.47. The van der Waals surface area contributed by atoms with Gasteiger partial charge in [0.05, 0.1) is 24.5 Å². The average Bonchev–Trinajstić information content (AvgIpc) is 3.75. The Kier molecular flexibility index (Phi) is 12.0. The van der Waals surface area contributed by atoms with Crippen LogP contribution in [0.25, 0.3) is 22.5 Å². The highest BCUT2D eigenvalue weighted by molar-refractivity contribution is 6.30. The highest BCUT2D eigenvalue weighted by atomic mass is 35.5. The van der Waals surface area contributed by atoms with E-state index in [0.29, 0.717) is 35.4 Å². The number of hydrogen-bond acceptors (Lipinski definition) is 9. The molecule has 0 aliphatic carbocycles. The second kappa shape index (κ2) is 17.0. The molecule has 1 aliphatic rings. The summed E-state index contributed by atoms with van der Waals surface area (Å²) in [4.78, 5) is 20.2. The van der Waals surface area contributed by atoms with Crippen molar-refractivity contribution in [2.45, 2.75) is 66.0 Å². The number of morpholine rings is 1. The maximum absolute atomic E-state index is 13.1. The standard InChI is InChI=1S/C38H44ClN7O4/c1-4-6-11-35-40-36(39)34(26-50-38(47)31-18-14-28(15-19-31)24-44-20-22-48-23-21-44)45(35)25-29-12-16-30(17-13-29)32-9-7-8-10-33(32)37-41-42-43-46(37)27(3)49-5-2/h7-10,12-19,27H,4-6,11,20-26H2,1-3H3. The number of hydrogen-bond donors (Lipinski definition) is 0. The molecule has 1 atom stereocenters. The van der Waals surface area contributed by atoms with Crippen molar-refractivity contribution in [3.63, 3.8) is 0 Å². The molecule has 50 heavy (non-hydrogen) atoms. The summed E-state index contributed by atoms with van der Waals surface area (Å²) in [5.41, 5.74) is 6.35. The SMILES string of the molecule is CCCCc1nc(Cl)c(COC(=O)c2ccc(CN3CCOCC3)cc2)n1Cc1ccc(-c2ccccc2-c2nnnn2C(C)OCC)cc1. The number of nitrogens with zero attached hydrogens (tertiary/aromatic N) is 7. The lowest BCUT2D eigenvalue weighted by atomic mass is 9.98. The summed E-state index contributed by atoms with van der Waals surface area (Å²) in [6.45, 7) is 11.3. The van der Waals surface area contributed by atoms with Crippen LogP contribution in [0, 0.1) is 0 Å². The molecule has 1 fully saturated rings. The Hall–Kier alpha value is -4.42. The predicted octanol–water partition coefficient (Wildman–Crippen LogP) is 6.99. The molecule has 11 nitrogen and oxygen atoms in total. The molecular weight excluding hydrogens is 654 g/mol. The van der Waals surface area contributed by atoms with Crippen LogP contribution in [0.1, 0.15) is 72.8 Å². The minimum absolute atomic E-state index is 0.0205. The molecule has 0 radical (unpaired) electrons. The topological polar surface area (TPSA) is 109 Å². The summed E-state index contributed by atoms with van der Waals surface area (Å²) in [5.74, 6) is 1.12. The Morgan fingerprint density at radius 3 is 2.36 bits per heavy atom. The van der Waals surface area contributed by atoms with Gasteiger partial charge in [-0.3, -0.25) is 4.90 Å². The van der Waals surface area contributed by atoms with Crippen molar-refractivity contribution in [1.29, 1.82) is 0 Å². The normalized spacial score (nSPS) is 14.2. The lowest BCUT2D eigenvalue weighted by Gasteiger charge is -2.26. The maximum atomic E-state index is 13.1. The van der Waals surface area contributed by atoms with Crippen molar-refractivity contribution in [2.75, 3.05) is 32.9 Å². The van der Waals surface area contributed by atoms with Gasteiger partial charge in [-0.25, -0.2) is 9.78 Å². The van der Waals surface area contributed by atoms with Crippen LogP contribution in [0.15, 0.2) is 72.8 Å². The molecule has 1 aliphatic heterocycles. The fourth-order valence-electron chi connectivity index (χ4n) is 6.17. The number of tetrazole rings is 1. The lowest BCUT2D eigenvalue weighted by molar-refractivity contribution is 0.0159. The predicted molar refractivity (Wildman–Crippen MR) is 192 cm³/mol. The summed E-state index contributed by atoms with van der Waals surface area (Å²) >= 11 is 6.70. The van der Waals surface area contributed by atoms with Crippen molar-refractivity contribution in [2.24, 2.45) is 0 Å². The number of benzene rings is 3. The number of halogens is 1. The van der Waals surface area contributed by atoms with E-state index in [1.54, 1.807) is 4.68 Å². The third-order valence-corrected chi connectivity index (χ3v) is 9.22. The van der Waals surface area contributed by atoms with Gasteiger partial charge in [-0.05, 0) is 65.1 Å². The number of aryl methyl sites for hydroxylation is 1. The van der Waals surface area contributed by atoms with Gasteiger partial charge in [0.15, 0.2) is 17.2 Å². The Morgan fingerprint density at radius 1 is 0.940 bits per heavy atom. The molecular formula is C38H44ClN7O4. The van der Waals surface area contributed by atoms with Crippen LogP contribution in [0.2, 0.25) is 5.15 Å². The number of aromatic nitrogens is 6. The highest BCUT2D eigenvalue weighted by Gasteiger charge is 2.21. The van der Waals surface area contributed by atoms with Gasteiger partial charge in [0.1, 0.15) is 12.4 Å². The quantitative estimate of drug-likeness (QED) is 0.107. The number of esters is 1. The van der Waals surface area contributed by atoms with Crippen LogP contribution in [0.4, 0.5) is 0 Å². The summed E-state index contributed by atoms with van der Waals surface area (Å²) in [6, 6.07) is 24.1. The first-order valence-corrected chi connectivity index (χ1v) is 17.7. The molecule has 2 aromatic heterocycles. The number of ether oxygens (including phenoxy) is 3. The fourth-order valence-corrected chi connectivity index (χ4v) is 6.42. The smallest absolute Gasteiger partial charge is 0.338 e. The van der Waals surface area contributed by atoms with E-state index >= 15 is 0 Å². The van der Waals surface area contributed by atoms with Crippen molar-refractivity contribution in [3.8, 4) is 22.5 Å². The first-order chi connectivity index (χ1) is 24.4. The van der Waals surface area contributed by atoms with Crippen LogP contribution < -0.4 is 0 Å². The van der Waals surface area contributed by atoms with Crippen LogP contribution in [-0.4, -0.2) is 73.5 Å². The zero-order valence-electron chi connectivity index (χ0n) is 28.9. The van der Waals surface area contributed by atoms with Crippen molar-refractivity contribution in [3.05, 3.63) is 106 Å². The molecule has 0 bridgehead atoms. The molecule has 3 heterocycles. The van der Waals surface area contributed by atoms with Crippen LogP contribution >= 0.6 is 11.6 Å². The fraction of sp³-hybridized carbons (Fsp3) is 0.395.